The number of halogens is 2. The number of hydrogen-bond acceptors (Lipinski definition) is 5. The van der Waals surface area contributed by atoms with Crippen molar-refractivity contribution in [3.63, 3.8) is 0 Å². The van der Waals surface area contributed by atoms with Crippen molar-refractivity contribution in [3.05, 3.63) is 55.7 Å². The number of carbonyl (C=O) groups excluding carboxylic acids is 1. The first-order valence-corrected chi connectivity index (χ1v) is 9.22. The Balaban J connectivity index is 1.54. The molecule has 0 atom stereocenters. The van der Waals surface area contributed by atoms with Crippen molar-refractivity contribution in [2.45, 2.75) is 20.0 Å². The third kappa shape index (κ3) is 4.77. The zero-order valence-electron chi connectivity index (χ0n) is 14.8. The number of rotatable bonds is 5. The van der Waals surface area contributed by atoms with Crippen LogP contribution in [0.5, 0.6) is 0 Å². The summed E-state index contributed by atoms with van der Waals surface area (Å²) in [6.07, 6.45) is 0. The Kier molecular flexibility index (Phi) is 5.98. The zero-order chi connectivity index (χ0) is 19.6. The molecule has 144 valence electrons. The van der Waals surface area contributed by atoms with Gasteiger partial charge in [0, 0.05) is 42.8 Å². The van der Waals surface area contributed by atoms with Crippen LogP contribution in [0.1, 0.15) is 11.3 Å². The second kappa shape index (κ2) is 8.24. The summed E-state index contributed by atoms with van der Waals surface area (Å²) in [6.45, 7) is 5.02. The predicted octanol–water partition coefficient (Wildman–Crippen LogP) is 2.75. The van der Waals surface area contributed by atoms with E-state index in [2.05, 4.69) is 10.00 Å². The molecule has 0 aliphatic carbocycles. The lowest BCUT2D eigenvalue weighted by atomic mass is 10.2. The van der Waals surface area contributed by atoms with E-state index in [9.17, 15) is 14.9 Å². The first-order valence-electron chi connectivity index (χ1n) is 8.46. The normalized spacial score (nSPS) is 15.1. The minimum atomic E-state index is -0.561. The van der Waals surface area contributed by atoms with Gasteiger partial charge in [-0.05, 0) is 29.5 Å². The number of amides is 1. The molecule has 1 aromatic carbocycles. The van der Waals surface area contributed by atoms with E-state index in [1.54, 1.807) is 17.9 Å². The molecular formula is C17H19Cl2N5O3. The van der Waals surface area contributed by atoms with Crippen molar-refractivity contribution in [1.82, 2.24) is 19.6 Å². The Morgan fingerprint density at radius 2 is 1.93 bits per heavy atom. The molecule has 1 saturated heterocycles. The molecule has 2 aromatic rings. The Bertz CT molecular complexity index is 862. The molecule has 0 unspecified atom stereocenters. The van der Waals surface area contributed by atoms with Crippen LogP contribution in [0.3, 0.4) is 0 Å². The van der Waals surface area contributed by atoms with Gasteiger partial charge in [-0.15, -0.1) is 0 Å². The molecule has 1 aromatic heterocycles. The molecule has 3 rings (SSSR count). The van der Waals surface area contributed by atoms with Gasteiger partial charge in [-0.3, -0.25) is 9.69 Å². The number of nitrogens with zero attached hydrogens (tertiary/aromatic N) is 5. The summed E-state index contributed by atoms with van der Waals surface area (Å²) >= 11 is 12.1. The van der Waals surface area contributed by atoms with Crippen LogP contribution >= 0.6 is 23.2 Å². The predicted molar refractivity (Wildman–Crippen MR) is 102 cm³/mol. The Labute approximate surface area is 166 Å². The van der Waals surface area contributed by atoms with Crippen LogP contribution < -0.4 is 0 Å². The van der Waals surface area contributed by atoms with E-state index >= 15 is 0 Å². The molecule has 1 fully saturated rings. The van der Waals surface area contributed by atoms with Crippen LogP contribution in [0.25, 0.3) is 0 Å². The molecule has 2 heterocycles. The van der Waals surface area contributed by atoms with Crippen molar-refractivity contribution in [1.29, 1.82) is 0 Å². The molecule has 0 saturated carbocycles. The number of piperazine rings is 1. The van der Waals surface area contributed by atoms with E-state index in [1.165, 1.54) is 10.7 Å². The monoisotopic (exact) mass is 411 g/mol. The van der Waals surface area contributed by atoms with Crippen molar-refractivity contribution in [2.24, 2.45) is 0 Å². The van der Waals surface area contributed by atoms with Crippen molar-refractivity contribution < 1.29 is 9.72 Å². The van der Waals surface area contributed by atoms with E-state index in [1.807, 2.05) is 12.1 Å². The third-order valence-electron chi connectivity index (χ3n) is 4.57. The number of benzene rings is 1. The molecule has 1 amide bonds. The maximum Gasteiger partial charge on any atom is 0.390 e. The largest absolute Gasteiger partial charge is 0.390 e. The molecule has 1 aliphatic rings. The average molecular weight is 412 g/mol. The minimum absolute atomic E-state index is 0.00266. The molecular weight excluding hydrogens is 393 g/mol. The molecule has 10 heteroatoms. The second-order valence-corrected chi connectivity index (χ2v) is 7.29. The highest BCUT2D eigenvalue weighted by Crippen LogP contribution is 2.22. The average Bonchev–Trinajstić information content (AvgIpc) is 2.99. The van der Waals surface area contributed by atoms with E-state index in [0.717, 1.165) is 18.7 Å². The van der Waals surface area contributed by atoms with Gasteiger partial charge in [0.05, 0.1) is 16.9 Å². The number of carbonyl (C=O) groups is 1. The van der Waals surface area contributed by atoms with Gasteiger partial charge < -0.3 is 15.0 Å². The highest BCUT2D eigenvalue weighted by molar-refractivity contribution is 6.35. The fourth-order valence-electron chi connectivity index (χ4n) is 3.02. The van der Waals surface area contributed by atoms with Crippen molar-refractivity contribution >= 4 is 34.9 Å². The lowest BCUT2D eigenvalue weighted by Crippen LogP contribution is -2.49. The van der Waals surface area contributed by atoms with E-state index in [4.69, 9.17) is 23.2 Å². The van der Waals surface area contributed by atoms with Gasteiger partial charge in [0.15, 0.2) is 0 Å². The lowest BCUT2D eigenvalue weighted by Gasteiger charge is -2.34. The second-order valence-electron chi connectivity index (χ2n) is 6.45. The van der Waals surface area contributed by atoms with Gasteiger partial charge in [-0.1, -0.05) is 29.3 Å². The smallest absolute Gasteiger partial charge is 0.358 e. The van der Waals surface area contributed by atoms with Gasteiger partial charge in [0.2, 0.25) is 5.91 Å². The summed E-state index contributed by atoms with van der Waals surface area (Å²) in [6, 6.07) is 6.81. The van der Waals surface area contributed by atoms with Gasteiger partial charge in [0.1, 0.15) is 6.54 Å². The quantitative estimate of drug-likeness (QED) is 0.557. The van der Waals surface area contributed by atoms with Gasteiger partial charge in [0.25, 0.3) is 0 Å². The Morgan fingerprint density at radius 1 is 1.22 bits per heavy atom. The highest BCUT2D eigenvalue weighted by atomic mass is 35.5. The summed E-state index contributed by atoms with van der Waals surface area (Å²) in [7, 11) is 0. The number of nitro groups is 1. The van der Waals surface area contributed by atoms with Crippen molar-refractivity contribution in [3.8, 4) is 0 Å². The SMILES string of the molecule is Cc1cc([N+](=O)[O-])nn1CC(=O)N1CCN(Cc2ccc(Cl)cc2Cl)CC1. The topological polar surface area (TPSA) is 84.5 Å². The van der Waals surface area contributed by atoms with E-state index < -0.39 is 4.92 Å². The standard InChI is InChI=1S/C17H19Cl2N5O3/c1-12-8-16(24(26)27)20-23(12)11-17(25)22-6-4-21(5-7-22)10-13-2-3-14(18)9-15(13)19/h2-3,8-9H,4-7,10-11H2,1H3. The first-order chi connectivity index (χ1) is 12.8. The molecule has 0 radical (unpaired) electrons. The number of hydrogen-bond donors (Lipinski definition) is 0. The molecule has 0 N–H and O–H groups in total. The molecule has 0 spiro atoms. The summed E-state index contributed by atoms with van der Waals surface area (Å²) in [5.41, 5.74) is 1.59. The summed E-state index contributed by atoms with van der Waals surface area (Å²) < 4.78 is 1.38. The summed E-state index contributed by atoms with van der Waals surface area (Å²) in [4.78, 5) is 26.7. The fourth-order valence-corrected chi connectivity index (χ4v) is 3.48. The molecule has 1 aliphatic heterocycles. The van der Waals surface area contributed by atoms with Crippen molar-refractivity contribution in [2.75, 3.05) is 26.2 Å². The molecule has 27 heavy (non-hydrogen) atoms. The maximum atomic E-state index is 12.5. The van der Waals surface area contributed by atoms with Gasteiger partial charge >= 0.3 is 5.82 Å². The van der Waals surface area contributed by atoms with Gasteiger partial charge in [-0.2, -0.15) is 4.68 Å². The lowest BCUT2D eigenvalue weighted by molar-refractivity contribution is -0.389. The van der Waals surface area contributed by atoms with E-state index in [-0.39, 0.29) is 18.3 Å². The fraction of sp³-hybridized carbons (Fsp3) is 0.412. The highest BCUT2D eigenvalue weighted by Gasteiger charge is 2.24. The van der Waals surface area contributed by atoms with Crippen LogP contribution in [0.15, 0.2) is 24.3 Å². The van der Waals surface area contributed by atoms with Crippen LogP contribution in [0.2, 0.25) is 10.0 Å². The first kappa shape index (κ1) is 19.6. The zero-order valence-corrected chi connectivity index (χ0v) is 16.3. The van der Waals surface area contributed by atoms with E-state index in [0.29, 0.717) is 35.4 Å². The third-order valence-corrected chi connectivity index (χ3v) is 5.16. The Morgan fingerprint density at radius 3 is 2.52 bits per heavy atom. The maximum absolute atomic E-state index is 12.5. The number of aromatic nitrogens is 2. The van der Waals surface area contributed by atoms with Crippen LogP contribution in [-0.2, 0) is 17.9 Å². The van der Waals surface area contributed by atoms with Gasteiger partial charge in [-0.25, -0.2) is 0 Å². The summed E-state index contributed by atoms with van der Waals surface area (Å²) in [5.74, 6) is -0.342. The van der Waals surface area contributed by atoms with Crippen LogP contribution in [0, 0.1) is 17.0 Å². The summed E-state index contributed by atoms with van der Waals surface area (Å²) in [5, 5.41) is 15.9. The van der Waals surface area contributed by atoms with Crippen LogP contribution in [0.4, 0.5) is 5.82 Å². The number of aryl methyl sites for hydroxylation is 1. The Hall–Kier alpha value is -2.16. The van der Waals surface area contributed by atoms with Crippen LogP contribution in [-0.4, -0.2) is 56.6 Å². The molecule has 8 nitrogen and oxygen atoms in total. The molecule has 0 bridgehead atoms. The minimum Gasteiger partial charge on any atom is -0.358 e.